The van der Waals surface area contributed by atoms with Crippen LogP contribution in [0.2, 0.25) is 10.0 Å². The number of nitrogens with one attached hydrogen (secondary N) is 1. The van der Waals surface area contributed by atoms with Gasteiger partial charge < -0.3 is 11.1 Å². The third-order valence-corrected chi connectivity index (χ3v) is 3.01. The number of para-hydroxylation sites is 1. The van der Waals surface area contributed by atoms with E-state index in [1.165, 1.54) is 36.4 Å². The monoisotopic (exact) mass is 298 g/mol. The van der Waals surface area contributed by atoms with Gasteiger partial charge in [-0.05, 0) is 30.3 Å². The highest BCUT2D eigenvalue weighted by molar-refractivity contribution is 6.34. The highest BCUT2D eigenvalue weighted by atomic mass is 35.5. The number of hydrogen-bond donors (Lipinski definition) is 2. The average molecular weight is 299 g/mol. The van der Waals surface area contributed by atoms with Crippen molar-refractivity contribution in [2.45, 2.75) is 0 Å². The Bertz CT molecular complexity index is 626. The fourth-order valence-electron chi connectivity index (χ4n) is 1.54. The Labute approximate surface area is 119 Å². The van der Waals surface area contributed by atoms with Crippen LogP contribution in [-0.4, -0.2) is 5.91 Å². The number of anilines is 2. The Hall–Kier alpha value is -1.78. The van der Waals surface area contributed by atoms with Gasteiger partial charge in [-0.2, -0.15) is 0 Å². The van der Waals surface area contributed by atoms with Crippen LogP contribution < -0.4 is 11.1 Å². The van der Waals surface area contributed by atoms with Crippen LogP contribution in [0.4, 0.5) is 15.8 Å². The van der Waals surface area contributed by atoms with Crippen LogP contribution in [0, 0.1) is 5.82 Å². The van der Waals surface area contributed by atoms with Crippen molar-refractivity contribution in [1.29, 1.82) is 0 Å². The summed E-state index contributed by atoms with van der Waals surface area (Å²) in [4.78, 5) is 12.0. The van der Waals surface area contributed by atoms with Crippen molar-refractivity contribution >= 4 is 40.5 Å². The molecule has 0 aromatic heterocycles. The molecule has 98 valence electrons. The van der Waals surface area contributed by atoms with Crippen LogP contribution in [0.25, 0.3) is 0 Å². The molecule has 0 saturated heterocycles. The number of halogens is 3. The molecule has 0 heterocycles. The number of amides is 1. The predicted octanol–water partition coefficient (Wildman–Crippen LogP) is 3.97. The minimum Gasteiger partial charge on any atom is -0.398 e. The molecule has 0 aliphatic heterocycles. The summed E-state index contributed by atoms with van der Waals surface area (Å²) >= 11 is 11.6. The van der Waals surface area contributed by atoms with Gasteiger partial charge in [0.05, 0.1) is 16.3 Å². The zero-order valence-electron chi connectivity index (χ0n) is 9.58. The minimum absolute atomic E-state index is 0.0801. The number of benzene rings is 2. The van der Waals surface area contributed by atoms with E-state index in [4.69, 9.17) is 28.9 Å². The van der Waals surface area contributed by atoms with Gasteiger partial charge in [-0.25, -0.2) is 4.39 Å². The molecule has 0 aliphatic rings. The molecule has 0 unspecified atom stereocenters. The first-order chi connectivity index (χ1) is 8.99. The summed E-state index contributed by atoms with van der Waals surface area (Å²) in [5, 5.41) is 2.91. The minimum atomic E-state index is -0.617. The Balaban J connectivity index is 2.31. The summed E-state index contributed by atoms with van der Waals surface area (Å²) in [6.07, 6.45) is 0. The van der Waals surface area contributed by atoms with Crippen molar-refractivity contribution in [2.24, 2.45) is 0 Å². The molecule has 0 saturated carbocycles. The van der Waals surface area contributed by atoms with Crippen LogP contribution in [0.3, 0.4) is 0 Å². The fraction of sp³-hybridized carbons (Fsp3) is 0. The van der Waals surface area contributed by atoms with Gasteiger partial charge in [-0.1, -0.05) is 29.3 Å². The maximum Gasteiger partial charge on any atom is 0.257 e. The van der Waals surface area contributed by atoms with Gasteiger partial charge in [0.2, 0.25) is 0 Å². The van der Waals surface area contributed by atoms with E-state index in [2.05, 4.69) is 5.32 Å². The molecule has 3 nitrogen and oxygen atoms in total. The van der Waals surface area contributed by atoms with Crippen molar-refractivity contribution in [3.63, 3.8) is 0 Å². The van der Waals surface area contributed by atoms with Crippen molar-refractivity contribution in [3.05, 3.63) is 57.8 Å². The fourth-order valence-corrected chi connectivity index (χ4v) is 1.93. The second-order valence-corrected chi connectivity index (χ2v) is 4.63. The Morgan fingerprint density at radius 3 is 2.58 bits per heavy atom. The van der Waals surface area contributed by atoms with Crippen LogP contribution in [0.5, 0.6) is 0 Å². The lowest BCUT2D eigenvalue weighted by Gasteiger charge is -2.10. The first-order valence-electron chi connectivity index (χ1n) is 5.29. The molecule has 19 heavy (non-hydrogen) atoms. The van der Waals surface area contributed by atoms with Gasteiger partial charge in [0.15, 0.2) is 0 Å². The van der Waals surface area contributed by atoms with Crippen LogP contribution >= 0.6 is 23.2 Å². The van der Waals surface area contributed by atoms with E-state index in [0.29, 0.717) is 5.02 Å². The predicted molar refractivity (Wildman–Crippen MR) is 75.2 cm³/mol. The number of rotatable bonds is 2. The van der Waals surface area contributed by atoms with Gasteiger partial charge in [0, 0.05) is 10.7 Å². The number of carbonyl (C=O) groups excluding carboxylic acids is 1. The zero-order valence-corrected chi connectivity index (χ0v) is 11.1. The SMILES string of the molecule is Nc1cc(Cl)ccc1C(=O)Nc1c(F)cccc1Cl. The maximum absolute atomic E-state index is 13.5. The lowest BCUT2D eigenvalue weighted by molar-refractivity contribution is 0.102. The second-order valence-electron chi connectivity index (χ2n) is 3.78. The van der Waals surface area contributed by atoms with E-state index in [1.54, 1.807) is 0 Å². The third-order valence-electron chi connectivity index (χ3n) is 2.46. The molecule has 0 aliphatic carbocycles. The van der Waals surface area contributed by atoms with Gasteiger partial charge >= 0.3 is 0 Å². The largest absolute Gasteiger partial charge is 0.398 e. The first-order valence-corrected chi connectivity index (χ1v) is 6.05. The van der Waals surface area contributed by atoms with E-state index in [0.717, 1.165) is 0 Å². The third kappa shape index (κ3) is 2.97. The molecular weight excluding hydrogens is 290 g/mol. The van der Waals surface area contributed by atoms with Gasteiger partial charge in [-0.15, -0.1) is 0 Å². The normalized spacial score (nSPS) is 10.3. The number of nitrogen functional groups attached to an aromatic ring is 1. The molecular formula is C13H9Cl2FN2O. The quantitative estimate of drug-likeness (QED) is 0.824. The van der Waals surface area contributed by atoms with Gasteiger partial charge in [0.25, 0.3) is 5.91 Å². The van der Waals surface area contributed by atoms with Crippen molar-refractivity contribution in [1.82, 2.24) is 0 Å². The topological polar surface area (TPSA) is 55.1 Å². The van der Waals surface area contributed by atoms with E-state index in [1.807, 2.05) is 0 Å². The smallest absolute Gasteiger partial charge is 0.257 e. The van der Waals surface area contributed by atoms with Gasteiger partial charge in [-0.3, -0.25) is 4.79 Å². The number of hydrogen-bond acceptors (Lipinski definition) is 2. The van der Waals surface area contributed by atoms with Crippen molar-refractivity contribution < 1.29 is 9.18 Å². The summed E-state index contributed by atoms with van der Waals surface area (Å²) < 4.78 is 13.5. The zero-order chi connectivity index (χ0) is 14.0. The number of carbonyl (C=O) groups is 1. The lowest BCUT2D eigenvalue weighted by Crippen LogP contribution is -2.15. The molecule has 0 atom stereocenters. The summed E-state index contributed by atoms with van der Waals surface area (Å²) in [6, 6.07) is 8.55. The van der Waals surface area contributed by atoms with Crippen LogP contribution in [0.1, 0.15) is 10.4 Å². The van der Waals surface area contributed by atoms with Crippen LogP contribution in [-0.2, 0) is 0 Å². The van der Waals surface area contributed by atoms with E-state index in [-0.39, 0.29) is 22.0 Å². The van der Waals surface area contributed by atoms with E-state index in [9.17, 15) is 9.18 Å². The summed E-state index contributed by atoms with van der Waals surface area (Å²) in [7, 11) is 0. The summed E-state index contributed by atoms with van der Waals surface area (Å²) in [6.45, 7) is 0. The van der Waals surface area contributed by atoms with Crippen LogP contribution in [0.15, 0.2) is 36.4 Å². The molecule has 3 N–H and O–H groups in total. The molecule has 0 radical (unpaired) electrons. The summed E-state index contributed by atoms with van der Waals surface area (Å²) in [5.74, 6) is -1.17. The Kier molecular flexibility index (Phi) is 3.93. The molecule has 2 aromatic carbocycles. The highest BCUT2D eigenvalue weighted by Crippen LogP contribution is 2.26. The molecule has 0 spiro atoms. The molecule has 0 bridgehead atoms. The first kappa shape index (κ1) is 13.6. The van der Waals surface area contributed by atoms with Crippen molar-refractivity contribution in [2.75, 3.05) is 11.1 Å². The molecule has 1 amide bonds. The molecule has 2 aromatic rings. The highest BCUT2D eigenvalue weighted by Gasteiger charge is 2.14. The summed E-state index contributed by atoms with van der Waals surface area (Å²) in [5.41, 5.74) is 6.00. The Morgan fingerprint density at radius 1 is 1.21 bits per heavy atom. The number of nitrogens with two attached hydrogens (primary N) is 1. The van der Waals surface area contributed by atoms with E-state index < -0.39 is 11.7 Å². The molecule has 6 heteroatoms. The second kappa shape index (κ2) is 5.47. The Morgan fingerprint density at radius 2 is 1.95 bits per heavy atom. The standard InChI is InChI=1S/C13H9Cl2FN2O/c14-7-4-5-8(11(17)6-7)13(19)18-12-9(15)2-1-3-10(12)16/h1-6H,17H2,(H,18,19). The average Bonchev–Trinajstić information content (AvgIpc) is 2.33. The van der Waals surface area contributed by atoms with Crippen molar-refractivity contribution in [3.8, 4) is 0 Å². The van der Waals surface area contributed by atoms with E-state index >= 15 is 0 Å². The molecule has 2 rings (SSSR count). The molecule has 0 fully saturated rings. The maximum atomic E-state index is 13.5. The van der Waals surface area contributed by atoms with Gasteiger partial charge in [0.1, 0.15) is 5.82 Å². The lowest BCUT2D eigenvalue weighted by atomic mass is 10.1.